The van der Waals surface area contributed by atoms with E-state index < -0.39 is 0 Å². The fourth-order valence-corrected chi connectivity index (χ4v) is 2.66. The molecular weight excluding hydrogens is 276 g/mol. The van der Waals surface area contributed by atoms with Crippen molar-refractivity contribution in [2.75, 3.05) is 5.32 Å². The number of aryl methyl sites for hydroxylation is 2. The Morgan fingerprint density at radius 1 is 1.26 bits per heavy atom. The molecule has 0 aliphatic heterocycles. The van der Waals surface area contributed by atoms with E-state index in [-0.39, 0.29) is 5.91 Å². The second-order valence-electron chi connectivity index (χ2n) is 4.25. The van der Waals surface area contributed by atoms with Gasteiger partial charge in [0.05, 0.1) is 4.88 Å². The van der Waals surface area contributed by atoms with Crippen LogP contribution in [0.1, 0.15) is 25.7 Å². The lowest BCUT2D eigenvalue weighted by molar-refractivity contribution is 0.103. The largest absolute Gasteiger partial charge is 0.389 e. The topological polar surface area (TPSA) is 55.1 Å². The van der Waals surface area contributed by atoms with Crippen LogP contribution in [0.3, 0.4) is 0 Å². The van der Waals surface area contributed by atoms with E-state index in [4.69, 9.17) is 18.0 Å². The van der Waals surface area contributed by atoms with Crippen LogP contribution < -0.4 is 11.1 Å². The number of carbonyl (C=O) groups excluding carboxylic acids is 1. The number of nitrogens with one attached hydrogen (secondary N) is 1. The van der Waals surface area contributed by atoms with Gasteiger partial charge in [-0.05, 0) is 49.7 Å². The standard InChI is InChI=1S/C14H14N2OS2/c1-8-7-12(19-9(8)2)14(17)16-11-5-3-10(4-6-11)13(15)18/h3-7H,1-2H3,(H2,15,18)(H,16,17). The number of nitrogens with two attached hydrogens (primary N) is 1. The van der Waals surface area contributed by atoms with Crippen LogP contribution in [-0.2, 0) is 0 Å². The number of amides is 1. The highest BCUT2D eigenvalue weighted by Crippen LogP contribution is 2.21. The molecule has 1 heterocycles. The molecule has 0 radical (unpaired) electrons. The van der Waals surface area contributed by atoms with Crippen LogP contribution >= 0.6 is 23.6 Å². The van der Waals surface area contributed by atoms with Crippen molar-refractivity contribution in [2.45, 2.75) is 13.8 Å². The number of hydrogen-bond acceptors (Lipinski definition) is 3. The first-order valence-electron chi connectivity index (χ1n) is 5.75. The lowest BCUT2D eigenvalue weighted by atomic mass is 10.2. The molecule has 0 saturated carbocycles. The van der Waals surface area contributed by atoms with E-state index in [0.29, 0.717) is 9.87 Å². The number of anilines is 1. The zero-order valence-electron chi connectivity index (χ0n) is 10.7. The number of rotatable bonds is 3. The van der Waals surface area contributed by atoms with Crippen molar-refractivity contribution in [3.63, 3.8) is 0 Å². The molecule has 0 atom stereocenters. The molecule has 19 heavy (non-hydrogen) atoms. The Balaban J connectivity index is 2.12. The maximum absolute atomic E-state index is 12.0. The van der Waals surface area contributed by atoms with E-state index in [1.54, 1.807) is 24.3 Å². The molecule has 2 aromatic rings. The molecule has 3 N–H and O–H groups in total. The summed E-state index contributed by atoms with van der Waals surface area (Å²) in [5.74, 6) is -0.0933. The predicted molar refractivity (Wildman–Crippen MR) is 84.1 cm³/mol. The molecule has 1 amide bonds. The summed E-state index contributed by atoms with van der Waals surface area (Å²) in [6.07, 6.45) is 0. The third kappa shape index (κ3) is 3.19. The number of carbonyl (C=O) groups is 1. The number of hydrogen-bond donors (Lipinski definition) is 2. The minimum absolute atomic E-state index is 0.0933. The molecule has 0 unspecified atom stereocenters. The summed E-state index contributed by atoms with van der Waals surface area (Å²) in [5.41, 5.74) is 8.18. The summed E-state index contributed by atoms with van der Waals surface area (Å²) in [4.78, 5) is 14.3. The molecule has 0 spiro atoms. The van der Waals surface area contributed by atoms with Crippen molar-refractivity contribution in [3.8, 4) is 0 Å². The van der Waals surface area contributed by atoms with Gasteiger partial charge in [-0.25, -0.2) is 0 Å². The number of benzene rings is 1. The fraction of sp³-hybridized carbons (Fsp3) is 0.143. The van der Waals surface area contributed by atoms with Gasteiger partial charge >= 0.3 is 0 Å². The van der Waals surface area contributed by atoms with Gasteiger partial charge in [0.2, 0.25) is 0 Å². The van der Waals surface area contributed by atoms with Crippen LogP contribution in [0, 0.1) is 13.8 Å². The van der Waals surface area contributed by atoms with Gasteiger partial charge in [-0.3, -0.25) is 4.79 Å². The number of thiocarbonyl (C=S) groups is 1. The summed E-state index contributed by atoms with van der Waals surface area (Å²) in [7, 11) is 0. The maximum Gasteiger partial charge on any atom is 0.265 e. The molecule has 1 aromatic carbocycles. The molecule has 0 bridgehead atoms. The average molecular weight is 290 g/mol. The van der Waals surface area contributed by atoms with Crippen molar-refractivity contribution in [1.29, 1.82) is 0 Å². The zero-order valence-corrected chi connectivity index (χ0v) is 12.3. The Labute approximate surface area is 121 Å². The molecule has 0 aliphatic rings. The van der Waals surface area contributed by atoms with Gasteiger partial charge in [-0.2, -0.15) is 0 Å². The molecule has 0 aliphatic carbocycles. The van der Waals surface area contributed by atoms with Crippen molar-refractivity contribution < 1.29 is 4.79 Å². The average Bonchev–Trinajstić information content (AvgIpc) is 2.70. The molecule has 3 nitrogen and oxygen atoms in total. The molecule has 0 fully saturated rings. The smallest absolute Gasteiger partial charge is 0.265 e. The monoisotopic (exact) mass is 290 g/mol. The number of thiophene rings is 1. The molecule has 0 saturated heterocycles. The van der Waals surface area contributed by atoms with E-state index >= 15 is 0 Å². The highest BCUT2D eigenvalue weighted by Gasteiger charge is 2.10. The van der Waals surface area contributed by atoms with E-state index in [2.05, 4.69) is 5.32 Å². The fourth-order valence-electron chi connectivity index (χ4n) is 1.60. The Bertz CT molecular complexity index is 610. The first-order chi connectivity index (χ1) is 8.97. The first kappa shape index (κ1) is 13.7. The first-order valence-corrected chi connectivity index (χ1v) is 6.98. The molecule has 2 rings (SSSR count). The second-order valence-corrected chi connectivity index (χ2v) is 5.94. The Kier molecular flexibility index (Phi) is 3.97. The quantitative estimate of drug-likeness (QED) is 0.853. The van der Waals surface area contributed by atoms with Crippen molar-refractivity contribution in [1.82, 2.24) is 0 Å². The van der Waals surface area contributed by atoms with Crippen molar-refractivity contribution in [2.24, 2.45) is 5.73 Å². The van der Waals surface area contributed by atoms with Crippen LogP contribution in [0.25, 0.3) is 0 Å². The van der Waals surface area contributed by atoms with Crippen LogP contribution in [0.5, 0.6) is 0 Å². The minimum atomic E-state index is -0.0933. The summed E-state index contributed by atoms with van der Waals surface area (Å²) in [6, 6.07) is 9.07. The van der Waals surface area contributed by atoms with Gasteiger partial charge in [0.1, 0.15) is 4.99 Å². The highest BCUT2D eigenvalue weighted by atomic mass is 32.1. The van der Waals surface area contributed by atoms with Gasteiger partial charge in [-0.1, -0.05) is 12.2 Å². The summed E-state index contributed by atoms with van der Waals surface area (Å²) >= 11 is 6.38. The van der Waals surface area contributed by atoms with Gasteiger partial charge in [0.15, 0.2) is 0 Å². The van der Waals surface area contributed by atoms with Crippen LogP contribution in [0.2, 0.25) is 0 Å². The zero-order chi connectivity index (χ0) is 14.0. The molecule has 5 heteroatoms. The third-order valence-corrected chi connectivity index (χ3v) is 4.20. The van der Waals surface area contributed by atoms with Gasteiger partial charge in [0.25, 0.3) is 5.91 Å². The SMILES string of the molecule is Cc1cc(C(=O)Nc2ccc(C(N)=S)cc2)sc1C. The minimum Gasteiger partial charge on any atom is -0.389 e. The Morgan fingerprint density at radius 2 is 1.89 bits per heavy atom. The van der Waals surface area contributed by atoms with Crippen molar-refractivity contribution in [3.05, 3.63) is 51.2 Å². The lowest BCUT2D eigenvalue weighted by Crippen LogP contribution is -2.11. The third-order valence-electron chi connectivity index (χ3n) is 2.82. The maximum atomic E-state index is 12.0. The molecule has 1 aromatic heterocycles. The van der Waals surface area contributed by atoms with Crippen LogP contribution in [0.15, 0.2) is 30.3 Å². The second kappa shape index (κ2) is 5.50. The molecular formula is C14H14N2OS2. The van der Waals surface area contributed by atoms with E-state index in [9.17, 15) is 4.79 Å². The summed E-state index contributed by atoms with van der Waals surface area (Å²) < 4.78 is 0. The predicted octanol–water partition coefficient (Wildman–Crippen LogP) is 3.25. The Morgan fingerprint density at radius 3 is 2.37 bits per heavy atom. The van der Waals surface area contributed by atoms with Crippen LogP contribution in [0.4, 0.5) is 5.69 Å². The summed E-state index contributed by atoms with van der Waals surface area (Å²) in [5, 5.41) is 2.85. The lowest BCUT2D eigenvalue weighted by Gasteiger charge is -2.04. The van der Waals surface area contributed by atoms with E-state index in [0.717, 1.165) is 21.7 Å². The van der Waals surface area contributed by atoms with Crippen LogP contribution in [-0.4, -0.2) is 10.9 Å². The van der Waals surface area contributed by atoms with Gasteiger partial charge in [-0.15, -0.1) is 11.3 Å². The van der Waals surface area contributed by atoms with Crippen molar-refractivity contribution >= 4 is 40.1 Å². The molecule has 98 valence electrons. The summed E-state index contributed by atoms with van der Waals surface area (Å²) in [6.45, 7) is 4.01. The Hall–Kier alpha value is -1.72. The highest BCUT2D eigenvalue weighted by molar-refractivity contribution is 7.80. The normalized spacial score (nSPS) is 10.2. The van der Waals surface area contributed by atoms with Gasteiger partial charge < -0.3 is 11.1 Å². The van der Waals surface area contributed by atoms with E-state index in [1.165, 1.54) is 11.3 Å². The van der Waals surface area contributed by atoms with E-state index in [1.807, 2.05) is 19.9 Å². The van der Waals surface area contributed by atoms with Gasteiger partial charge in [0, 0.05) is 16.1 Å².